The van der Waals surface area contributed by atoms with Gasteiger partial charge in [-0.2, -0.15) is 4.67 Å². The Hall–Kier alpha value is -0.710. The van der Waals surface area contributed by atoms with E-state index < -0.39 is 8.60 Å². The molecule has 1 unspecified atom stereocenters. The Morgan fingerprint density at radius 3 is 2.62 bits per heavy atom. The van der Waals surface area contributed by atoms with Crippen molar-refractivity contribution in [2.75, 3.05) is 19.8 Å². The van der Waals surface area contributed by atoms with E-state index in [1.165, 1.54) is 0 Å². The highest BCUT2D eigenvalue weighted by molar-refractivity contribution is 7.40. The van der Waals surface area contributed by atoms with Crippen molar-refractivity contribution in [3.8, 4) is 5.75 Å². The Bertz CT molecular complexity index is 269. The van der Waals surface area contributed by atoms with Gasteiger partial charge in [-0.3, -0.25) is 0 Å². The molecule has 1 aromatic carbocycles. The maximum Gasteiger partial charge on any atom is 0.360 e. The zero-order valence-corrected chi connectivity index (χ0v) is 9.93. The van der Waals surface area contributed by atoms with Crippen LogP contribution in [-0.4, -0.2) is 24.7 Å². The van der Waals surface area contributed by atoms with Gasteiger partial charge in [-0.15, -0.1) is 0 Å². The third-order valence-electron chi connectivity index (χ3n) is 1.53. The lowest BCUT2D eigenvalue weighted by molar-refractivity contribution is -0.218. The van der Waals surface area contributed by atoms with Crippen LogP contribution in [-0.2, 0) is 14.1 Å². The first-order valence-electron chi connectivity index (χ1n) is 4.92. The average Bonchev–Trinajstić information content (AvgIpc) is 2.30. The summed E-state index contributed by atoms with van der Waals surface area (Å²) in [5.74, 6) is 0.766. The molecule has 0 bridgehead atoms. The van der Waals surface area contributed by atoms with Gasteiger partial charge in [0.2, 0.25) is 0 Å². The van der Waals surface area contributed by atoms with Crippen molar-refractivity contribution in [2.24, 2.45) is 0 Å². The van der Waals surface area contributed by atoms with Gasteiger partial charge < -0.3 is 14.2 Å². The van der Waals surface area contributed by atoms with E-state index >= 15 is 0 Å². The first-order valence-corrected chi connectivity index (χ1v) is 6.05. The van der Waals surface area contributed by atoms with Crippen LogP contribution >= 0.6 is 8.60 Å². The molecule has 16 heavy (non-hydrogen) atoms. The van der Waals surface area contributed by atoms with Crippen LogP contribution in [0.2, 0.25) is 0 Å². The zero-order valence-electron chi connectivity index (χ0n) is 9.04. The molecule has 1 atom stereocenters. The van der Waals surface area contributed by atoms with Crippen molar-refractivity contribution < 1.29 is 23.7 Å². The third kappa shape index (κ3) is 6.00. The van der Waals surface area contributed by atoms with E-state index in [-0.39, 0.29) is 6.61 Å². The standard InChI is InChI=1S/C10H15O5P/c1-2-14-16(11)15-13-9-8-12-10-6-4-3-5-7-10/h3-7,11H,2,8-9H2,1H3. The quantitative estimate of drug-likeness (QED) is 0.330. The molecular formula is C10H15O5P. The van der Waals surface area contributed by atoms with Gasteiger partial charge in [-0.1, -0.05) is 18.2 Å². The van der Waals surface area contributed by atoms with E-state index in [1.807, 2.05) is 30.3 Å². The van der Waals surface area contributed by atoms with Crippen molar-refractivity contribution in [2.45, 2.75) is 6.92 Å². The highest BCUT2D eigenvalue weighted by atomic mass is 31.2. The number of hydrogen-bond acceptors (Lipinski definition) is 5. The molecule has 0 aliphatic carbocycles. The zero-order chi connectivity index (χ0) is 11.6. The van der Waals surface area contributed by atoms with Gasteiger partial charge in [0.25, 0.3) is 0 Å². The molecule has 0 spiro atoms. The number of rotatable bonds is 8. The fourth-order valence-corrected chi connectivity index (χ4v) is 1.35. The summed E-state index contributed by atoms with van der Waals surface area (Å²) in [6, 6.07) is 9.37. The molecule has 1 rings (SSSR count). The smallest absolute Gasteiger partial charge is 0.360 e. The van der Waals surface area contributed by atoms with Gasteiger partial charge in [-0.25, -0.2) is 4.89 Å². The fraction of sp³-hybridized carbons (Fsp3) is 0.400. The average molecular weight is 246 g/mol. The second-order valence-corrected chi connectivity index (χ2v) is 3.60. The van der Waals surface area contributed by atoms with E-state index in [0.29, 0.717) is 13.2 Å². The van der Waals surface area contributed by atoms with Crippen molar-refractivity contribution >= 4 is 8.60 Å². The van der Waals surface area contributed by atoms with Gasteiger partial charge in [0.1, 0.15) is 19.0 Å². The van der Waals surface area contributed by atoms with Gasteiger partial charge >= 0.3 is 8.60 Å². The molecular weight excluding hydrogens is 231 g/mol. The fourth-order valence-electron chi connectivity index (χ4n) is 0.925. The van der Waals surface area contributed by atoms with Crippen LogP contribution in [0, 0.1) is 0 Å². The summed E-state index contributed by atoms with van der Waals surface area (Å²) in [7, 11) is -1.93. The Morgan fingerprint density at radius 2 is 1.94 bits per heavy atom. The maximum absolute atomic E-state index is 9.02. The topological polar surface area (TPSA) is 57.2 Å². The van der Waals surface area contributed by atoms with Crippen LogP contribution in [0.25, 0.3) is 0 Å². The second kappa shape index (κ2) is 8.44. The first kappa shape index (κ1) is 13.4. The molecule has 0 aliphatic heterocycles. The van der Waals surface area contributed by atoms with Crippen LogP contribution in [0.15, 0.2) is 30.3 Å². The van der Waals surface area contributed by atoms with E-state index in [0.717, 1.165) is 5.75 Å². The van der Waals surface area contributed by atoms with Gasteiger partial charge in [0, 0.05) is 0 Å². The van der Waals surface area contributed by atoms with Crippen LogP contribution < -0.4 is 4.74 Å². The summed E-state index contributed by atoms with van der Waals surface area (Å²) in [5, 5.41) is 0. The molecule has 1 aromatic rings. The van der Waals surface area contributed by atoms with Crippen molar-refractivity contribution in [3.05, 3.63) is 30.3 Å². The number of para-hydroxylation sites is 1. The summed E-state index contributed by atoms with van der Waals surface area (Å²) in [6.45, 7) is 2.71. The van der Waals surface area contributed by atoms with Crippen LogP contribution in [0.5, 0.6) is 5.75 Å². The SMILES string of the molecule is CCOP(O)OOCCOc1ccccc1. The lowest BCUT2D eigenvalue weighted by Crippen LogP contribution is -2.06. The third-order valence-corrected chi connectivity index (χ3v) is 2.25. The minimum atomic E-state index is -1.93. The molecule has 0 aliphatic rings. The van der Waals surface area contributed by atoms with E-state index in [2.05, 4.69) is 4.67 Å². The minimum Gasteiger partial charge on any atom is -0.491 e. The molecule has 0 aromatic heterocycles. The van der Waals surface area contributed by atoms with E-state index in [9.17, 15) is 0 Å². The predicted molar refractivity (Wildman–Crippen MR) is 59.7 cm³/mol. The molecule has 0 heterocycles. The van der Waals surface area contributed by atoms with Gasteiger partial charge in [0.15, 0.2) is 0 Å². The number of benzene rings is 1. The van der Waals surface area contributed by atoms with Crippen molar-refractivity contribution in [1.29, 1.82) is 0 Å². The lowest BCUT2D eigenvalue weighted by Gasteiger charge is -2.08. The predicted octanol–water partition coefficient (Wildman–Crippen LogP) is 2.27. The molecule has 0 saturated heterocycles. The van der Waals surface area contributed by atoms with Crippen molar-refractivity contribution in [3.63, 3.8) is 0 Å². The lowest BCUT2D eigenvalue weighted by atomic mass is 10.3. The molecule has 0 radical (unpaired) electrons. The summed E-state index contributed by atoms with van der Waals surface area (Å²) in [5.41, 5.74) is 0. The first-order chi connectivity index (χ1) is 7.83. The molecule has 0 amide bonds. The minimum absolute atomic E-state index is 0.224. The molecule has 90 valence electrons. The van der Waals surface area contributed by atoms with Crippen LogP contribution in [0.3, 0.4) is 0 Å². The Morgan fingerprint density at radius 1 is 1.19 bits per heavy atom. The Balaban J connectivity index is 2.00. The second-order valence-electron chi connectivity index (χ2n) is 2.71. The Labute approximate surface area is 95.8 Å². The number of hydrogen-bond donors (Lipinski definition) is 1. The highest BCUT2D eigenvalue weighted by Crippen LogP contribution is 2.32. The summed E-state index contributed by atoms with van der Waals surface area (Å²) in [4.78, 5) is 13.7. The molecule has 0 saturated carbocycles. The Kier molecular flexibility index (Phi) is 7.05. The molecule has 6 heteroatoms. The maximum atomic E-state index is 9.02. The van der Waals surface area contributed by atoms with Crippen LogP contribution in [0.1, 0.15) is 6.92 Å². The monoisotopic (exact) mass is 246 g/mol. The number of ether oxygens (including phenoxy) is 1. The van der Waals surface area contributed by atoms with Gasteiger partial charge in [0.05, 0.1) is 6.61 Å². The van der Waals surface area contributed by atoms with E-state index in [4.69, 9.17) is 19.0 Å². The summed E-state index contributed by atoms with van der Waals surface area (Å²) >= 11 is 0. The molecule has 0 fully saturated rings. The van der Waals surface area contributed by atoms with Gasteiger partial charge in [-0.05, 0) is 19.1 Å². The largest absolute Gasteiger partial charge is 0.491 e. The van der Waals surface area contributed by atoms with E-state index in [1.54, 1.807) is 6.92 Å². The van der Waals surface area contributed by atoms with Crippen LogP contribution in [0.4, 0.5) is 0 Å². The summed E-state index contributed by atoms with van der Waals surface area (Å²) < 4.78 is 14.6. The molecule has 5 nitrogen and oxygen atoms in total. The summed E-state index contributed by atoms with van der Waals surface area (Å²) in [6.07, 6.45) is 0. The van der Waals surface area contributed by atoms with Crippen molar-refractivity contribution in [1.82, 2.24) is 0 Å². The molecule has 1 N–H and O–H groups in total. The normalized spacial score (nSPS) is 12.4. The highest BCUT2D eigenvalue weighted by Gasteiger charge is 2.05.